The van der Waals surface area contributed by atoms with Crippen molar-refractivity contribution in [3.8, 4) is 28.6 Å². The fourth-order valence-corrected chi connectivity index (χ4v) is 5.71. The van der Waals surface area contributed by atoms with Crippen molar-refractivity contribution in [3.05, 3.63) is 124 Å². The third-order valence-corrected chi connectivity index (χ3v) is 7.99. The molecule has 0 radical (unpaired) electrons. The summed E-state index contributed by atoms with van der Waals surface area (Å²) < 4.78 is 24.8. The van der Waals surface area contributed by atoms with Gasteiger partial charge in [-0.05, 0) is 52.6 Å². The molecule has 0 aliphatic carbocycles. The van der Waals surface area contributed by atoms with E-state index < -0.39 is 17.0 Å². The van der Waals surface area contributed by atoms with Gasteiger partial charge in [-0.15, -0.1) is 0 Å². The second-order valence-corrected chi connectivity index (χ2v) is 10.9. The quantitative estimate of drug-likeness (QED) is 0.105. The number of hydrogen-bond acceptors (Lipinski definition) is 6. The van der Waals surface area contributed by atoms with Gasteiger partial charge in [0.1, 0.15) is 0 Å². The molecule has 1 aromatic heterocycles. The van der Waals surface area contributed by atoms with Crippen molar-refractivity contribution in [2.24, 2.45) is 0 Å². The van der Waals surface area contributed by atoms with Gasteiger partial charge in [-0.25, -0.2) is 0 Å². The van der Waals surface area contributed by atoms with Gasteiger partial charge in [0, 0.05) is 16.7 Å². The average Bonchev–Trinajstić information content (AvgIpc) is 3.40. The molecular weight excluding hydrogens is 626 g/mol. The van der Waals surface area contributed by atoms with Crippen LogP contribution in [0.4, 0.5) is 0 Å². The second-order valence-electron chi connectivity index (χ2n) is 9.16. The molecule has 1 N–H and O–H groups in total. The van der Waals surface area contributed by atoms with Crippen molar-refractivity contribution in [2.75, 3.05) is 6.61 Å². The van der Waals surface area contributed by atoms with E-state index >= 15 is 0 Å². The smallest absolute Gasteiger partial charge is 0.305 e. The highest BCUT2D eigenvalue weighted by Crippen LogP contribution is 2.51. The zero-order valence-electron chi connectivity index (χ0n) is 20.7. The number of aryl methyl sites for hydroxylation is 1. The minimum atomic E-state index is -1.26. The molecule has 1 aliphatic rings. The van der Waals surface area contributed by atoms with Crippen molar-refractivity contribution in [1.29, 1.82) is 0 Å². The lowest BCUT2D eigenvalue weighted by Gasteiger charge is -2.28. The Morgan fingerprint density at radius 3 is 2.15 bits per heavy atom. The van der Waals surface area contributed by atoms with Crippen LogP contribution in [-0.2, 0) is 16.7 Å². The van der Waals surface area contributed by atoms with Crippen LogP contribution < -0.4 is 14.9 Å². The summed E-state index contributed by atoms with van der Waals surface area (Å²) in [6.07, 6.45) is 1.79. The van der Waals surface area contributed by atoms with E-state index in [4.69, 9.17) is 18.4 Å². The number of fused-ring (bicyclic) bond motifs is 3. The van der Waals surface area contributed by atoms with Crippen molar-refractivity contribution >= 4 is 39.5 Å². The minimum Gasteiger partial charge on any atom is -0.502 e. The van der Waals surface area contributed by atoms with E-state index in [2.05, 4.69) is 22.0 Å². The van der Waals surface area contributed by atoms with Gasteiger partial charge in [0.05, 0.1) is 18.4 Å². The summed E-state index contributed by atoms with van der Waals surface area (Å²) in [6, 6.07) is 30.2. The molecule has 0 saturated heterocycles. The van der Waals surface area contributed by atoms with Crippen molar-refractivity contribution in [1.82, 2.24) is 0 Å². The maximum Gasteiger partial charge on any atom is 0.305 e. The van der Waals surface area contributed by atoms with E-state index in [1.54, 1.807) is 12.1 Å². The maximum absolute atomic E-state index is 13.3. The van der Waals surface area contributed by atoms with E-state index in [1.807, 2.05) is 84.9 Å². The Kier molecular flexibility index (Phi) is 7.30. The first kappa shape index (κ1) is 25.9. The fourth-order valence-electron chi connectivity index (χ4n) is 4.83. The third-order valence-electron chi connectivity index (χ3n) is 6.74. The molecular formula is C31H24IO6P. The maximum atomic E-state index is 13.3. The molecule has 6 rings (SSSR count). The van der Waals surface area contributed by atoms with Crippen LogP contribution >= 0.6 is 28.5 Å². The molecule has 0 amide bonds. The zero-order valence-corrected chi connectivity index (χ0v) is 23.9. The van der Waals surface area contributed by atoms with Gasteiger partial charge in [-0.1, -0.05) is 84.9 Å². The van der Waals surface area contributed by atoms with E-state index in [0.717, 1.165) is 29.5 Å². The van der Waals surface area contributed by atoms with E-state index in [0.29, 0.717) is 30.1 Å². The molecule has 1 unspecified atom stereocenters. The monoisotopic (exact) mass is 650 g/mol. The number of rotatable bonds is 8. The summed E-state index contributed by atoms with van der Waals surface area (Å²) in [5.74, 6) is -0.866. The molecule has 2 heterocycles. The van der Waals surface area contributed by atoms with Crippen LogP contribution in [0.2, 0.25) is 0 Å². The molecule has 0 bridgehead atoms. The average molecular weight is 650 g/mol. The Morgan fingerprint density at radius 2 is 1.51 bits per heavy atom. The second kappa shape index (κ2) is 11.0. The highest BCUT2D eigenvalue weighted by atomic mass is 127. The van der Waals surface area contributed by atoms with Crippen LogP contribution in [0.15, 0.2) is 106 Å². The number of benzene rings is 4. The Bertz CT molecular complexity index is 1630. The largest absolute Gasteiger partial charge is 0.502 e. The molecule has 0 saturated carbocycles. The fraction of sp³-hybridized carbons (Fsp3) is 0.129. The molecule has 4 aromatic carbocycles. The summed E-state index contributed by atoms with van der Waals surface area (Å²) in [4.78, 5) is 13.3. The lowest BCUT2D eigenvalue weighted by atomic mass is 9.97. The number of halogens is 1. The van der Waals surface area contributed by atoms with Crippen LogP contribution in [0.5, 0.6) is 17.2 Å². The molecule has 196 valence electrons. The van der Waals surface area contributed by atoms with Crippen molar-refractivity contribution in [3.63, 3.8) is 0 Å². The van der Waals surface area contributed by atoms with Crippen LogP contribution in [0, 0.1) is 0 Å². The summed E-state index contributed by atoms with van der Waals surface area (Å²) in [5.41, 5.74) is 3.00. The highest BCUT2D eigenvalue weighted by Gasteiger charge is 2.46. The molecule has 5 aromatic rings. The topological polar surface area (TPSA) is 78.1 Å². The van der Waals surface area contributed by atoms with Crippen LogP contribution in [0.3, 0.4) is 0 Å². The standard InChI is InChI=1S/C31H24IO6P/c32-39-35-19-7-8-20-13-15-21(16-14-20)28-27(34)26(33)24-17-18-25-30(29(24)36-28)38-31(37-25,22-9-3-1-4-10-22)23-11-5-2-6-12-23/h1-6,9-18,34,39H,7-8,19H2. The first-order chi connectivity index (χ1) is 19.1. The van der Waals surface area contributed by atoms with E-state index in [1.165, 1.54) is 0 Å². The predicted octanol–water partition coefficient (Wildman–Crippen LogP) is 7.73. The normalized spacial score (nSPS) is 13.9. The highest BCUT2D eigenvalue weighted by molar-refractivity contribution is 14.2. The summed E-state index contributed by atoms with van der Waals surface area (Å²) in [5, 5.41) is 11.0. The molecule has 8 heteroatoms. The van der Waals surface area contributed by atoms with Gasteiger partial charge in [-0.2, -0.15) is 0 Å². The van der Waals surface area contributed by atoms with Crippen molar-refractivity contribution < 1.29 is 23.5 Å². The SMILES string of the molecule is O=c1c(O)c(-c2ccc(CCCOPI)cc2)oc2c3c(ccc12)OC(c1ccccc1)(c1ccccc1)O3. The van der Waals surface area contributed by atoms with Crippen LogP contribution in [0.1, 0.15) is 23.1 Å². The Labute approximate surface area is 239 Å². The molecule has 1 aliphatic heterocycles. The molecule has 1 atom stereocenters. The molecule has 0 spiro atoms. The van der Waals surface area contributed by atoms with Gasteiger partial charge in [0.25, 0.3) is 0 Å². The molecule has 6 nitrogen and oxygen atoms in total. The lowest BCUT2D eigenvalue weighted by Crippen LogP contribution is -2.36. The van der Waals surface area contributed by atoms with Crippen LogP contribution in [0.25, 0.3) is 22.3 Å². The lowest BCUT2D eigenvalue weighted by molar-refractivity contribution is -0.0456. The van der Waals surface area contributed by atoms with Gasteiger partial charge < -0.3 is 23.5 Å². The Hall–Kier alpha value is -3.39. The number of hydrogen-bond donors (Lipinski definition) is 1. The summed E-state index contributed by atoms with van der Waals surface area (Å²) in [6.45, 7) is 1.17. The van der Waals surface area contributed by atoms with E-state index in [9.17, 15) is 9.90 Å². The number of ether oxygens (including phenoxy) is 2. The predicted molar refractivity (Wildman–Crippen MR) is 161 cm³/mol. The van der Waals surface area contributed by atoms with Crippen LogP contribution in [-0.4, -0.2) is 11.7 Å². The summed E-state index contributed by atoms with van der Waals surface area (Å²) >= 11 is 2.21. The first-order valence-corrected chi connectivity index (χ1v) is 16.5. The number of aromatic hydroxyl groups is 1. The Balaban J connectivity index is 1.43. The zero-order chi connectivity index (χ0) is 26.8. The van der Waals surface area contributed by atoms with Gasteiger partial charge in [0.2, 0.25) is 16.9 Å². The minimum absolute atomic E-state index is 0.0856. The van der Waals surface area contributed by atoms with Gasteiger partial charge in [-0.3, -0.25) is 4.79 Å². The Morgan fingerprint density at radius 1 is 0.846 bits per heavy atom. The van der Waals surface area contributed by atoms with Gasteiger partial charge >= 0.3 is 5.79 Å². The van der Waals surface area contributed by atoms with Gasteiger partial charge in [0.15, 0.2) is 17.1 Å². The first-order valence-electron chi connectivity index (χ1n) is 12.5. The third kappa shape index (κ3) is 4.80. The molecule has 0 fully saturated rings. The van der Waals surface area contributed by atoms with Crippen molar-refractivity contribution in [2.45, 2.75) is 18.6 Å². The molecule has 39 heavy (non-hydrogen) atoms. The summed E-state index contributed by atoms with van der Waals surface area (Å²) in [7, 11) is 0. The van der Waals surface area contributed by atoms with E-state index in [-0.39, 0.29) is 16.7 Å².